The lowest BCUT2D eigenvalue weighted by molar-refractivity contribution is 0.628. The maximum atomic E-state index is 12.9. The molecule has 0 atom stereocenters. The average molecular weight is 290 g/mol. The lowest BCUT2D eigenvalue weighted by atomic mass is 10.2. The minimum Gasteiger partial charge on any atom is -0.236 e. The monoisotopic (exact) mass is 289 g/mol. The van der Waals surface area contributed by atoms with Crippen molar-refractivity contribution in [1.29, 1.82) is 0 Å². The summed E-state index contributed by atoms with van der Waals surface area (Å²) in [6, 6.07) is 13.9. The average Bonchev–Trinajstić information content (AvgIpc) is 2.89. The predicted molar refractivity (Wildman–Crippen MR) is 78.0 cm³/mol. The topological polar surface area (TPSA) is 12.9 Å². The van der Waals surface area contributed by atoms with Crippen molar-refractivity contribution in [3.63, 3.8) is 0 Å². The number of nitrogens with zero attached hydrogens (tertiary/aromatic N) is 1. The van der Waals surface area contributed by atoms with Crippen molar-refractivity contribution >= 4 is 22.9 Å². The Morgan fingerprint density at radius 2 is 1.74 bits per heavy atom. The molecule has 4 heteroatoms. The molecule has 0 unspecified atom stereocenters. The number of hydrogen-bond donors (Lipinski definition) is 0. The maximum absolute atomic E-state index is 12.9. The molecular formula is C15H9ClFNS. The van der Waals surface area contributed by atoms with Gasteiger partial charge in [-0.15, -0.1) is 11.3 Å². The lowest BCUT2D eigenvalue weighted by Gasteiger charge is -1.99. The molecule has 0 aliphatic heterocycles. The van der Waals surface area contributed by atoms with Crippen LogP contribution in [-0.2, 0) is 0 Å². The van der Waals surface area contributed by atoms with E-state index >= 15 is 0 Å². The van der Waals surface area contributed by atoms with Crippen molar-refractivity contribution in [2.24, 2.45) is 0 Å². The van der Waals surface area contributed by atoms with Gasteiger partial charge in [0, 0.05) is 16.5 Å². The summed E-state index contributed by atoms with van der Waals surface area (Å²) in [4.78, 5) is 4.55. The van der Waals surface area contributed by atoms with Crippen LogP contribution in [0.4, 0.5) is 4.39 Å². The Morgan fingerprint density at radius 3 is 2.47 bits per heavy atom. The largest absolute Gasteiger partial charge is 0.236 e. The van der Waals surface area contributed by atoms with Gasteiger partial charge in [-0.05, 0) is 30.3 Å². The molecule has 0 N–H and O–H groups in total. The number of thiazole rings is 1. The van der Waals surface area contributed by atoms with Crippen LogP contribution in [0.1, 0.15) is 0 Å². The maximum Gasteiger partial charge on any atom is 0.125 e. The van der Waals surface area contributed by atoms with Gasteiger partial charge in [0.1, 0.15) is 10.8 Å². The molecule has 2 aromatic carbocycles. The second-order valence-corrected chi connectivity index (χ2v) is 5.29. The van der Waals surface area contributed by atoms with E-state index in [0.29, 0.717) is 5.02 Å². The number of aromatic nitrogens is 1. The van der Waals surface area contributed by atoms with E-state index in [1.807, 2.05) is 29.6 Å². The molecule has 0 bridgehead atoms. The van der Waals surface area contributed by atoms with E-state index in [-0.39, 0.29) is 5.82 Å². The Hall–Kier alpha value is -1.71. The molecule has 1 nitrogen and oxygen atoms in total. The van der Waals surface area contributed by atoms with Gasteiger partial charge in [0.25, 0.3) is 0 Å². The standard InChI is InChI=1S/C15H9ClFNS/c16-13-4-2-1-3-12(13)15-18-14(9-19-15)10-5-7-11(17)8-6-10/h1-9H. The molecule has 0 amide bonds. The summed E-state index contributed by atoms with van der Waals surface area (Å²) in [5, 5.41) is 3.50. The SMILES string of the molecule is Fc1ccc(-c2csc(-c3ccccc3Cl)n2)cc1. The first-order chi connectivity index (χ1) is 9.24. The van der Waals surface area contributed by atoms with E-state index in [1.54, 1.807) is 12.1 Å². The van der Waals surface area contributed by atoms with Gasteiger partial charge in [0.2, 0.25) is 0 Å². The molecule has 19 heavy (non-hydrogen) atoms. The molecule has 0 aliphatic rings. The second kappa shape index (κ2) is 5.11. The fourth-order valence-corrected chi connectivity index (χ4v) is 2.93. The van der Waals surface area contributed by atoms with Crippen LogP contribution in [0, 0.1) is 5.82 Å². The van der Waals surface area contributed by atoms with E-state index in [4.69, 9.17) is 11.6 Å². The van der Waals surface area contributed by atoms with Crippen molar-refractivity contribution in [2.75, 3.05) is 0 Å². The van der Waals surface area contributed by atoms with Crippen LogP contribution in [0.5, 0.6) is 0 Å². The second-order valence-electron chi connectivity index (χ2n) is 4.02. The first kappa shape index (κ1) is 12.3. The zero-order valence-corrected chi connectivity index (χ0v) is 11.4. The van der Waals surface area contributed by atoms with Crippen molar-refractivity contribution in [3.8, 4) is 21.8 Å². The Bertz CT molecular complexity index is 706. The molecule has 0 aliphatic carbocycles. The van der Waals surface area contributed by atoms with Gasteiger partial charge in [0.15, 0.2) is 0 Å². The number of rotatable bonds is 2. The fourth-order valence-electron chi connectivity index (χ4n) is 1.79. The third-order valence-corrected chi connectivity index (χ3v) is 3.95. The number of hydrogen-bond acceptors (Lipinski definition) is 2. The smallest absolute Gasteiger partial charge is 0.125 e. The van der Waals surface area contributed by atoms with Crippen LogP contribution in [0.15, 0.2) is 53.9 Å². The van der Waals surface area contributed by atoms with E-state index in [9.17, 15) is 4.39 Å². The highest BCUT2D eigenvalue weighted by Crippen LogP contribution is 2.32. The van der Waals surface area contributed by atoms with Gasteiger partial charge < -0.3 is 0 Å². The first-order valence-electron chi connectivity index (χ1n) is 5.70. The van der Waals surface area contributed by atoms with Gasteiger partial charge >= 0.3 is 0 Å². The summed E-state index contributed by atoms with van der Waals surface area (Å²) in [5.74, 6) is -0.245. The first-order valence-corrected chi connectivity index (χ1v) is 6.96. The summed E-state index contributed by atoms with van der Waals surface area (Å²) < 4.78 is 12.9. The van der Waals surface area contributed by atoms with E-state index < -0.39 is 0 Å². The van der Waals surface area contributed by atoms with Gasteiger partial charge in [-0.1, -0.05) is 29.8 Å². The van der Waals surface area contributed by atoms with Crippen LogP contribution >= 0.6 is 22.9 Å². The molecule has 3 aromatic rings. The Balaban J connectivity index is 2.00. The van der Waals surface area contributed by atoms with Gasteiger partial charge in [-0.25, -0.2) is 9.37 Å². The summed E-state index contributed by atoms with van der Waals surface area (Å²) in [7, 11) is 0. The minimum atomic E-state index is -0.245. The number of benzene rings is 2. The molecule has 94 valence electrons. The summed E-state index contributed by atoms with van der Waals surface area (Å²) in [5.41, 5.74) is 2.65. The van der Waals surface area contributed by atoms with E-state index in [2.05, 4.69) is 4.98 Å². The summed E-state index contributed by atoms with van der Waals surface area (Å²) in [6.45, 7) is 0. The minimum absolute atomic E-state index is 0.245. The molecule has 1 heterocycles. The van der Waals surface area contributed by atoms with E-state index in [0.717, 1.165) is 21.8 Å². The quantitative estimate of drug-likeness (QED) is 0.626. The predicted octanol–water partition coefficient (Wildman–Crippen LogP) is 5.27. The van der Waals surface area contributed by atoms with Crippen LogP contribution < -0.4 is 0 Å². The number of halogens is 2. The molecule has 0 saturated carbocycles. The zero-order chi connectivity index (χ0) is 13.2. The van der Waals surface area contributed by atoms with Crippen LogP contribution in [0.25, 0.3) is 21.8 Å². The molecular weight excluding hydrogens is 281 g/mol. The van der Waals surface area contributed by atoms with Gasteiger partial charge in [-0.3, -0.25) is 0 Å². The third kappa shape index (κ3) is 2.53. The van der Waals surface area contributed by atoms with Gasteiger partial charge in [-0.2, -0.15) is 0 Å². The molecule has 0 saturated heterocycles. The molecule has 0 radical (unpaired) electrons. The highest BCUT2D eigenvalue weighted by Gasteiger charge is 2.09. The summed E-state index contributed by atoms with van der Waals surface area (Å²) in [6.07, 6.45) is 0. The third-order valence-electron chi connectivity index (χ3n) is 2.75. The van der Waals surface area contributed by atoms with Gasteiger partial charge in [0.05, 0.1) is 10.7 Å². The highest BCUT2D eigenvalue weighted by atomic mass is 35.5. The lowest BCUT2D eigenvalue weighted by Crippen LogP contribution is -1.81. The molecule has 1 aromatic heterocycles. The molecule has 0 fully saturated rings. The van der Waals surface area contributed by atoms with E-state index in [1.165, 1.54) is 23.5 Å². The summed E-state index contributed by atoms with van der Waals surface area (Å²) >= 11 is 7.68. The van der Waals surface area contributed by atoms with Crippen LogP contribution in [-0.4, -0.2) is 4.98 Å². The van der Waals surface area contributed by atoms with Crippen molar-refractivity contribution in [3.05, 3.63) is 64.8 Å². The highest BCUT2D eigenvalue weighted by molar-refractivity contribution is 7.13. The van der Waals surface area contributed by atoms with Crippen LogP contribution in [0.3, 0.4) is 0 Å². The van der Waals surface area contributed by atoms with Crippen molar-refractivity contribution < 1.29 is 4.39 Å². The van der Waals surface area contributed by atoms with Crippen molar-refractivity contribution in [2.45, 2.75) is 0 Å². The van der Waals surface area contributed by atoms with Crippen LogP contribution in [0.2, 0.25) is 5.02 Å². The normalized spacial score (nSPS) is 10.6. The Kier molecular flexibility index (Phi) is 3.32. The van der Waals surface area contributed by atoms with Crippen molar-refractivity contribution in [1.82, 2.24) is 4.98 Å². The fraction of sp³-hybridized carbons (Fsp3) is 0. The Morgan fingerprint density at radius 1 is 1.00 bits per heavy atom. The Labute approximate surface area is 119 Å². The molecule has 3 rings (SSSR count). The molecule has 0 spiro atoms. The zero-order valence-electron chi connectivity index (χ0n) is 9.81.